The van der Waals surface area contributed by atoms with E-state index in [0.717, 1.165) is 16.7 Å². The van der Waals surface area contributed by atoms with Gasteiger partial charge < -0.3 is 23.7 Å². The molecule has 3 aromatic rings. The first kappa shape index (κ1) is 23.5. The van der Waals surface area contributed by atoms with Crippen LogP contribution in [0, 0.1) is 6.92 Å². The zero-order valence-corrected chi connectivity index (χ0v) is 20.7. The zero-order chi connectivity index (χ0) is 24.6. The average Bonchev–Trinajstić information content (AvgIpc) is 3.13. The van der Waals surface area contributed by atoms with Crippen LogP contribution in [0.3, 0.4) is 0 Å². The summed E-state index contributed by atoms with van der Waals surface area (Å²) in [6.45, 7) is 1.91. The third kappa shape index (κ3) is 3.74. The zero-order valence-electron chi connectivity index (χ0n) is 19.9. The van der Waals surface area contributed by atoms with Crippen LogP contribution in [0.1, 0.15) is 16.7 Å². The van der Waals surface area contributed by atoms with Crippen molar-refractivity contribution in [3.8, 4) is 39.9 Å². The van der Waals surface area contributed by atoms with E-state index in [1.54, 1.807) is 43.5 Å². The lowest BCUT2D eigenvalue weighted by Gasteiger charge is -2.17. The molecule has 0 spiro atoms. The molecule has 0 heterocycles. The number of rotatable bonds is 7. The van der Waals surface area contributed by atoms with E-state index in [0.29, 0.717) is 45.4 Å². The van der Waals surface area contributed by atoms with E-state index in [2.05, 4.69) is 0 Å². The van der Waals surface area contributed by atoms with Crippen LogP contribution in [-0.2, 0) is 9.84 Å². The van der Waals surface area contributed by atoms with Crippen molar-refractivity contribution in [3.05, 3.63) is 64.6 Å². The first-order chi connectivity index (χ1) is 16.3. The van der Waals surface area contributed by atoms with Gasteiger partial charge in [-0.1, -0.05) is 17.7 Å². The molecule has 178 valence electrons. The molecule has 0 fully saturated rings. The fraction of sp³-hybridized carbons (Fsp3) is 0.231. The Morgan fingerprint density at radius 1 is 0.647 bits per heavy atom. The van der Waals surface area contributed by atoms with Gasteiger partial charge in [-0.15, -0.1) is 0 Å². The number of fused-ring (bicyclic) bond motifs is 3. The highest BCUT2D eigenvalue weighted by Crippen LogP contribution is 2.56. The largest absolute Gasteiger partial charge is 0.493 e. The van der Waals surface area contributed by atoms with Crippen molar-refractivity contribution >= 4 is 15.4 Å². The topological polar surface area (TPSA) is 80.3 Å². The maximum Gasteiger partial charge on any atom is 0.203 e. The highest BCUT2D eigenvalue weighted by Gasteiger charge is 2.34. The summed E-state index contributed by atoms with van der Waals surface area (Å²) in [5, 5.41) is 1.27. The van der Waals surface area contributed by atoms with Crippen LogP contribution in [0.25, 0.3) is 16.7 Å². The van der Waals surface area contributed by atoms with Crippen LogP contribution in [0.15, 0.2) is 52.8 Å². The molecule has 0 atom stereocenters. The van der Waals surface area contributed by atoms with E-state index in [-0.39, 0.29) is 4.90 Å². The molecular formula is C26H26O7S. The lowest BCUT2D eigenvalue weighted by atomic mass is 10.0. The van der Waals surface area contributed by atoms with Crippen LogP contribution >= 0.6 is 0 Å². The quantitative estimate of drug-likeness (QED) is 0.371. The minimum atomic E-state index is -3.80. The van der Waals surface area contributed by atoms with Gasteiger partial charge >= 0.3 is 0 Å². The number of methoxy groups -OCH3 is 5. The maximum absolute atomic E-state index is 13.4. The summed E-state index contributed by atoms with van der Waals surface area (Å²) >= 11 is 0. The molecule has 0 saturated carbocycles. The molecule has 0 bridgehead atoms. The molecule has 0 aliphatic heterocycles. The maximum atomic E-state index is 13.4. The third-order valence-corrected chi connectivity index (χ3v) is 7.30. The number of aryl methyl sites for hydroxylation is 1. The molecule has 1 aliphatic carbocycles. The minimum absolute atomic E-state index is 0.195. The predicted molar refractivity (Wildman–Crippen MR) is 130 cm³/mol. The summed E-state index contributed by atoms with van der Waals surface area (Å²) in [6.07, 6.45) is 0. The smallest absolute Gasteiger partial charge is 0.203 e. The summed E-state index contributed by atoms with van der Waals surface area (Å²) in [5.41, 5.74) is 4.17. The van der Waals surface area contributed by atoms with Crippen molar-refractivity contribution in [3.63, 3.8) is 0 Å². The third-order valence-electron chi connectivity index (χ3n) is 5.83. The fourth-order valence-corrected chi connectivity index (χ4v) is 5.38. The average molecular weight is 483 g/mol. The Bertz CT molecular complexity index is 1390. The monoisotopic (exact) mass is 482 g/mol. The van der Waals surface area contributed by atoms with E-state index in [4.69, 9.17) is 23.7 Å². The van der Waals surface area contributed by atoms with E-state index < -0.39 is 9.84 Å². The fourth-order valence-electron chi connectivity index (χ4n) is 4.17. The Balaban J connectivity index is 2.09. The number of benzene rings is 3. The molecule has 4 rings (SSSR count). The normalized spacial score (nSPS) is 13.3. The van der Waals surface area contributed by atoms with Crippen molar-refractivity contribution in [2.75, 3.05) is 35.5 Å². The molecule has 0 N–H and O–H groups in total. The van der Waals surface area contributed by atoms with Gasteiger partial charge in [0.1, 0.15) is 0 Å². The van der Waals surface area contributed by atoms with Crippen LogP contribution in [-0.4, -0.2) is 44.0 Å². The van der Waals surface area contributed by atoms with Gasteiger partial charge in [-0.05, 0) is 53.9 Å². The molecular weight excluding hydrogens is 456 g/mol. The van der Waals surface area contributed by atoms with E-state index in [1.807, 2.05) is 13.0 Å². The van der Waals surface area contributed by atoms with Gasteiger partial charge in [0.25, 0.3) is 0 Å². The Morgan fingerprint density at radius 3 is 1.71 bits per heavy atom. The summed E-state index contributed by atoms with van der Waals surface area (Å²) in [5.74, 6) is 2.20. The van der Waals surface area contributed by atoms with Crippen LogP contribution in [0.5, 0.6) is 28.7 Å². The van der Waals surface area contributed by atoms with Crippen molar-refractivity contribution in [1.29, 1.82) is 0 Å². The van der Waals surface area contributed by atoms with Crippen LogP contribution in [0.4, 0.5) is 0 Å². The van der Waals surface area contributed by atoms with Gasteiger partial charge in [0, 0.05) is 16.5 Å². The number of sulfone groups is 1. The first-order valence-corrected chi connectivity index (χ1v) is 12.0. The predicted octanol–water partition coefficient (Wildman–Crippen LogP) is 4.88. The Labute approximate surface area is 199 Å². The second kappa shape index (κ2) is 8.95. The minimum Gasteiger partial charge on any atom is -0.493 e. The summed E-state index contributed by atoms with van der Waals surface area (Å²) < 4.78 is 54.7. The highest BCUT2D eigenvalue weighted by atomic mass is 32.2. The molecule has 0 saturated heterocycles. The number of ether oxygens (including phenoxy) is 5. The second-order valence-corrected chi connectivity index (χ2v) is 9.51. The van der Waals surface area contributed by atoms with Gasteiger partial charge in [-0.25, -0.2) is 8.42 Å². The van der Waals surface area contributed by atoms with Crippen LogP contribution < -0.4 is 23.7 Å². The van der Waals surface area contributed by atoms with Crippen molar-refractivity contribution in [2.24, 2.45) is 0 Å². The lowest BCUT2D eigenvalue weighted by Crippen LogP contribution is -2.01. The van der Waals surface area contributed by atoms with Gasteiger partial charge in [0.2, 0.25) is 5.75 Å². The van der Waals surface area contributed by atoms with E-state index in [9.17, 15) is 8.42 Å². The Kier molecular flexibility index (Phi) is 6.18. The highest BCUT2D eigenvalue weighted by molar-refractivity contribution is 7.94. The summed E-state index contributed by atoms with van der Waals surface area (Å²) in [7, 11) is 3.83. The van der Waals surface area contributed by atoms with Crippen molar-refractivity contribution in [1.82, 2.24) is 0 Å². The Hall–Kier alpha value is -3.65. The van der Waals surface area contributed by atoms with Gasteiger partial charge in [0.05, 0.1) is 40.4 Å². The van der Waals surface area contributed by atoms with Crippen LogP contribution in [0.2, 0.25) is 0 Å². The van der Waals surface area contributed by atoms with Crippen molar-refractivity contribution in [2.45, 2.75) is 11.8 Å². The molecule has 3 aromatic carbocycles. The van der Waals surface area contributed by atoms with Gasteiger partial charge in [0.15, 0.2) is 32.8 Å². The van der Waals surface area contributed by atoms with Gasteiger partial charge in [-0.3, -0.25) is 0 Å². The lowest BCUT2D eigenvalue weighted by molar-refractivity contribution is 0.324. The molecule has 7 nitrogen and oxygen atoms in total. The molecule has 34 heavy (non-hydrogen) atoms. The second-order valence-electron chi connectivity index (χ2n) is 7.71. The molecule has 0 aromatic heterocycles. The molecule has 1 aliphatic rings. The van der Waals surface area contributed by atoms with Gasteiger partial charge in [-0.2, -0.15) is 0 Å². The first-order valence-electron chi connectivity index (χ1n) is 10.4. The number of hydrogen-bond acceptors (Lipinski definition) is 7. The summed E-state index contributed by atoms with van der Waals surface area (Å²) in [6, 6.07) is 12.1. The number of hydrogen-bond donors (Lipinski definition) is 0. The molecule has 8 heteroatoms. The molecule has 0 radical (unpaired) electrons. The van der Waals surface area contributed by atoms with Crippen molar-refractivity contribution < 1.29 is 32.1 Å². The SMILES string of the molecule is COc1cc2c(cc1OC)-c1cc(OC)c(OC)c(OC)c1/C2=C/S(=O)(=O)c1ccc(C)cc1. The van der Waals surface area contributed by atoms with E-state index >= 15 is 0 Å². The van der Waals surface area contributed by atoms with E-state index in [1.165, 1.54) is 33.8 Å². The molecule has 0 amide bonds. The summed E-state index contributed by atoms with van der Waals surface area (Å²) in [4.78, 5) is 0.195. The standard InChI is InChI=1S/C26H26O7S/c1-15-7-9-16(10-8-15)34(27,28)14-20-18-12-22(30-3)21(29-2)11-17(18)19-13-23(31-4)25(32-5)26(33-6)24(19)20/h7-14H,1-6H3/b20-14+. The Morgan fingerprint density at radius 2 is 1.18 bits per heavy atom. The molecule has 0 unspecified atom stereocenters.